The van der Waals surface area contributed by atoms with Gasteiger partial charge in [0.1, 0.15) is 5.01 Å². The number of hydrogen-bond acceptors (Lipinski definition) is 3. The number of benzene rings is 3. The van der Waals surface area contributed by atoms with E-state index >= 15 is 0 Å². The van der Waals surface area contributed by atoms with Crippen molar-refractivity contribution in [3.05, 3.63) is 94.3 Å². The van der Waals surface area contributed by atoms with Gasteiger partial charge in [-0.15, -0.1) is 11.3 Å². The fourth-order valence-corrected chi connectivity index (χ4v) is 4.28. The van der Waals surface area contributed by atoms with Crippen molar-refractivity contribution in [2.75, 3.05) is 5.32 Å². The maximum Gasteiger partial charge on any atom is 0.224 e. The van der Waals surface area contributed by atoms with Crippen LogP contribution in [0.15, 0.2) is 78.9 Å². The molecule has 0 unspecified atom stereocenters. The minimum atomic E-state index is -0.00565. The SMILES string of the molecule is Cc1sc(-c2ccccc2)nc1-c1ccc(NC(=O)CCc2ccc(Cl)cc2)cc1. The lowest BCUT2D eigenvalue weighted by Crippen LogP contribution is -2.12. The molecule has 0 aliphatic rings. The van der Waals surface area contributed by atoms with Crippen LogP contribution in [0.3, 0.4) is 0 Å². The Bertz CT molecular complexity index is 1140. The van der Waals surface area contributed by atoms with Crippen LogP contribution >= 0.6 is 22.9 Å². The van der Waals surface area contributed by atoms with Crippen molar-refractivity contribution in [1.82, 2.24) is 4.98 Å². The zero-order valence-electron chi connectivity index (χ0n) is 16.6. The lowest BCUT2D eigenvalue weighted by molar-refractivity contribution is -0.116. The van der Waals surface area contributed by atoms with E-state index in [0.717, 1.165) is 33.1 Å². The Morgan fingerprint density at radius 3 is 2.33 bits per heavy atom. The molecule has 3 nitrogen and oxygen atoms in total. The van der Waals surface area contributed by atoms with E-state index in [2.05, 4.69) is 24.4 Å². The number of rotatable bonds is 6. The number of carbonyl (C=O) groups is 1. The van der Waals surface area contributed by atoms with Gasteiger partial charge >= 0.3 is 0 Å². The third kappa shape index (κ3) is 4.96. The van der Waals surface area contributed by atoms with Gasteiger partial charge in [0.2, 0.25) is 5.91 Å². The molecule has 0 fully saturated rings. The molecule has 0 saturated carbocycles. The Morgan fingerprint density at radius 2 is 1.63 bits per heavy atom. The predicted octanol–water partition coefficient (Wildman–Crippen LogP) is 7.01. The average Bonchev–Trinajstić information content (AvgIpc) is 3.16. The van der Waals surface area contributed by atoms with Gasteiger partial charge in [0.15, 0.2) is 0 Å². The Kier molecular flexibility index (Phi) is 6.26. The van der Waals surface area contributed by atoms with E-state index in [4.69, 9.17) is 16.6 Å². The Morgan fingerprint density at radius 1 is 0.933 bits per heavy atom. The minimum absolute atomic E-state index is 0.00565. The number of hydrogen-bond donors (Lipinski definition) is 1. The average molecular weight is 433 g/mol. The first kappa shape index (κ1) is 20.3. The second-order valence-corrected chi connectivity index (χ2v) is 8.68. The second-order valence-electron chi connectivity index (χ2n) is 7.04. The lowest BCUT2D eigenvalue weighted by Gasteiger charge is -2.07. The van der Waals surface area contributed by atoms with Gasteiger partial charge in [0.25, 0.3) is 0 Å². The molecule has 0 bridgehead atoms. The number of nitrogens with zero attached hydrogens (tertiary/aromatic N) is 1. The Balaban J connectivity index is 1.40. The predicted molar refractivity (Wildman–Crippen MR) is 126 cm³/mol. The summed E-state index contributed by atoms with van der Waals surface area (Å²) < 4.78 is 0. The van der Waals surface area contributed by atoms with Crippen LogP contribution in [-0.4, -0.2) is 10.9 Å². The van der Waals surface area contributed by atoms with Gasteiger partial charge in [-0.05, 0) is 43.2 Å². The van der Waals surface area contributed by atoms with Crippen LogP contribution in [0.2, 0.25) is 5.02 Å². The van der Waals surface area contributed by atoms with Crippen LogP contribution in [0.4, 0.5) is 5.69 Å². The van der Waals surface area contributed by atoms with Gasteiger partial charge in [-0.2, -0.15) is 0 Å². The van der Waals surface area contributed by atoms with E-state index in [9.17, 15) is 4.79 Å². The van der Waals surface area contributed by atoms with Crippen LogP contribution in [0.5, 0.6) is 0 Å². The summed E-state index contributed by atoms with van der Waals surface area (Å²) in [7, 11) is 0. The van der Waals surface area contributed by atoms with Crippen molar-refractivity contribution >= 4 is 34.5 Å². The van der Waals surface area contributed by atoms with E-state index in [1.54, 1.807) is 11.3 Å². The van der Waals surface area contributed by atoms with E-state index in [-0.39, 0.29) is 5.91 Å². The largest absolute Gasteiger partial charge is 0.326 e. The third-order valence-corrected chi connectivity index (χ3v) is 6.09. The van der Waals surface area contributed by atoms with E-state index in [1.165, 1.54) is 4.88 Å². The molecular formula is C25H21ClN2OS. The molecule has 0 atom stereocenters. The highest BCUT2D eigenvalue weighted by molar-refractivity contribution is 7.15. The molecule has 0 aliphatic heterocycles. The molecule has 0 spiro atoms. The second kappa shape index (κ2) is 9.24. The van der Waals surface area contributed by atoms with Gasteiger partial charge in [-0.25, -0.2) is 4.98 Å². The molecule has 1 N–H and O–H groups in total. The molecule has 5 heteroatoms. The molecule has 30 heavy (non-hydrogen) atoms. The summed E-state index contributed by atoms with van der Waals surface area (Å²) in [6.07, 6.45) is 1.11. The molecule has 1 aromatic heterocycles. The lowest BCUT2D eigenvalue weighted by atomic mass is 10.1. The van der Waals surface area contributed by atoms with Crippen molar-refractivity contribution in [2.24, 2.45) is 0 Å². The summed E-state index contributed by atoms with van der Waals surface area (Å²) >= 11 is 7.59. The number of nitrogens with one attached hydrogen (secondary N) is 1. The first-order chi connectivity index (χ1) is 14.6. The molecule has 4 aromatic rings. The molecule has 150 valence electrons. The van der Waals surface area contributed by atoms with Crippen LogP contribution in [0.1, 0.15) is 16.9 Å². The smallest absolute Gasteiger partial charge is 0.224 e. The molecule has 0 aliphatic carbocycles. The topological polar surface area (TPSA) is 42.0 Å². The number of carbonyl (C=O) groups excluding carboxylic acids is 1. The van der Waals surface area contributed by atoms with Crippen molar-refractivity contribution < 1.29 is 4.79 Å². The highest BCUT2D eigenvalue weighted by Gasteiger charge is 2.11. The number of halogens is 1. The number of aromatic nitrogens is 1. The number of anilines is 1. The first-order valence-corrected chi connectivity index (χ1v) is 11.0. The summed E-state index contributed by atoms with van der Waals surface area (Å²) in [5.74, 6) is -0.00565. The number of thiazole rings is 1. The van der Waals surface area contributed by atoms with Gasteiger partial charge < -0.3 is 5.32 Å². The van der Waals surface area contributed by atoms with Crippen molar-refractivity contribution in [1.29, 1.82) is 0 Å². The summed E-state index contributed by atoms with van der Waals surface area (Å²) in [6.45, 7) is 2.09. The van der Waals surface area contributed by atoms with Gasteiger partial charge in [0, 0.05) is 33.1 Å². The van der Waals surface area contributed by atoms with Crippen LogP contribution in [0.25, 0.3) is 21.8 Å². The van der Waals surface area contributed by atoms with Crippen molar-refractivity contribution in [2.45, 2.75) is 19.8 Å². The van der Waals surface area contributed by atoms with E-state index in [1.807, 2.05) is 66.7 Å². The maximum absolute atomic E-state index is 12.3. The monoisotopic (exact) mass is 432 g/mol. The highest BCUT2D eigenvalue weighted by atomic mass is 35.5. The third-order valence-electron chi connectivity index (χ3n) is 4.81. The maximum atomic E-state index is 12.3. The Hall–Kier alpha value is -2.95. The van der Waals surface area contributed by atoms with Crippen molar-refractivity contribution in [3.63, 3.8) is 0 Å². The van der Waals surface area contributed by atoms with E-state index < -0.39 is 0 Å². The number of aryl methyl sites for hydroxylation is 2. The molecule has 3 aromatic carbocycles. The summed E-state index contributed by atoms with van der Waals surface area (Å²) in [6, 6.07) is 25.7. The van der Waals surface area contributed by atoms with Crippen molar-refractivity contribution in [3.8, 4) is 21.8 Å². The quantitative estimate of drug-likeness (QED) is 0.356. The van der Waals surface area contributed by atoms with Crippen LogP contribution in [0, 0.1) is 6.92 Å². The number of amides is 1. The normalized spacial score (nSPS) is 10.7. The fourth-order valence-electron chi connectivity index (χ4n) is 3.21. The highest BCUT2D eigenvalue weighted by Crippen LogP contribution is 2.33. The fraction of sp³-hybridized carbons (Fsp3) is 0.120. The molecular weight excluding hydrogens is 412 g/mol. The van der Waals surface area contributed by atoms with Crippen LogP contribution < -0.4 is 5.32 Å². The zero-order valence-corrected chi connectivity index (χ0v) is 18.1. The zero-order chi connectivity index (χ0) is 20.9. The molecule has 0 saturated heterocycles. The summed E-state index contributed by atoms with van der Waals surface area (Å²) in [5, 5.41) is 4.68. The summed E-state index contributed by atoms with van der Waals surface area (Å²) in [4.78, 5) is 18.3. The Labute approximate surface area is 185 Å². The minimum Gasteiger partial charge on any atom is -0.326 e. The van der Waals surface area contributed by atoms with Crippen LogP contribution in [-0.2, 0) is 11.2 Å². The molecule has 1 heterocycles. The van der Waals surface area contributed by atoms with Gasteiger partial charge in [-0.3, -0.25) is 4.79 Å². The van der Waals surface area contributed by atoms with E-state index in [0.29, 0.717) is 17.9 Å². The first-order valence-electron chi connectivity index (χ1n) is 9.76. The van der Waals surface area contributed by atoms with Gasteiger partial charge in [0.05, 0.1) is 5.69 Å². The summed E-state index contributed by atoms with van der Waals surface area (Å²) in [5.41, 5.74) is 5.04. The standard InChI is InChI=1S/C25H21ClN2OS/c1-17-24(28-25(30-17)20-5-3-2-4-6-20)19-10-14-22(15-11-19)27-23(29)16-9-18-7-12-21(26)13-8-18/h2-8,10-15H,9,16H2,1H3,(H,27,29). The molecule has 0 radical (unpaired) electrons. The molecule has 1 amide bonds. The molecule has 4 rings (SSSR count). The van der Waals surface area contributed by atoms with Gasteiger partial charge in [-0.1, -0.05) is 66.2 Å².